The van der Waals surface area contributed by atoms with E-state index in [2.05, 4.69) is 5.92 Å². The van der Waals surface area contributed by atoms with Crippen LogP contribution in [-0.4, -0.2) is 23.5 Å². The number of aliphatic hydroxyl groups is 1. The Morgan fingerprint density at radius 1 is 1.43 bits per heavy atom. The lowest BCUT2D eigenvalue weighted by atomic mass is 9.89. The van der Waals surface area contributed by atoms with Gasteiger partial charge in [-0.1, -0.05) is 36.3 Å². The normalized spacial score (nSPS) is 21.6. The van der Waals surface area contributed by atoms with Crippen LogP contribution in [-0.2, 0) is 16.1 Å². The maximum absolute atomic E-state index is 11.7. The molecule has 1 N–H and O–H groups in total. The van der Waals surface area contributed by atoms with Gasteiger partial charge in [-0.2, -0.15) is 0 Å². The highest BCUT2D eigenvalue weighted by molar-refractivity contribution is 5.60. The van der Waals surface area contributed by atoms with E-state index in [-0.39, 0.29) is 6.61 Å². The number of carbonyl (C=O) groups is 1. The van der Waals surface area contributed by atoms with Crippen LogP contribution in [0, 0.1) is 12.3 Å². The lowest BCUT2D eigenvalue weighted by molar-refractivity contribution is 0.00154. The standard InChI is InChI=1S/C17H18O4/c1-3-14-9-15(10-16(18)12(14)2)21-17(19)20-11-13-7-5-4-6-8-13/h1,4-8,15-16,18H,9-11H2,2H3/t15-,16+/m1/s1. The van der Waals surface area contributed by atoms with Gasteiger partial charge < -0.3 is 14.6 Å². The largest absolute Gasteiger partial charge is 0.508 e. The third kappa shape index (κ3) is 4.11. The van der Waals surface area contributed by atoms with Crippen LogP contribution in [0.3, 0.4) is 0 Å². The lowest BCUT2D eigenvalue weighted by Gasteiger charge is -2.27. The summed E-state index contributed by atoms with van der Waals surface area (Å²) in [6.07, 6.45) is 4.32. The van der Waals surface area contributed by atoms with E-state index in [1.807, 2.05) is 30.3 Å². The van der Waals surface area contributed by atoms with Gasteiger partial charge in [0.15, 0.2) is 0 Å². The zero-order valence-electron chi connectivity index (χ0n) is 11.9. The quantitative estimate of drug-likeness (QED) is 0.685. The molecule has 0 fully saturated rings. The second-order valence-corrected chi connectivity index (χ2v) is 5.03. The van der Waals surface area contributed by atoms with E-state index in [1.54, 1.807) is 6.92 Å². The van der Waals surface area contributed by atoms with Crippen molar-refractivity contribution in [2.45, 2.75) is 38.6 Å². The maximum Gasteiger partial charge on any atom is 0.508 e. The van der Waals surface area contributed by atoms with Gasteiger partial charge in [0.1, 0.15) is 12.7 Å². The highest BCUT2D eigenvalue weighted by Gasteiger charge is 2.27. The summed E-state index contributed by atoms with van der Waals surface area (Å²) in [6.45, 7) is 1.95. The third-order valence-electron chi connectivity index (χ3n) is 3.53. The molecule has 0 heterocycles. The van der Waals surface area contributed by atoms with Crippen molar-refractivity contribution in [3.63, 3.8) is 0 Å². The second kappa shape index (κ2) is 6.96. The first-order valence-electron chi connectivity index (χ1n) is 6.81. The molecule has 21 heavy (non-hydrogen) atoms. The molecule has 0 aromatic heterocycles. The number of terminal acetylenes is 1. The molecule has 0 bridgehead atoms. The summed E-state index contributed by atoms with van der Waals surface area (Å²) in [5.74, 6) is 2.53. The number of benzene rings is 1. The van der Waals surface area contributed by atoms with E-state index in [4.69, 9.17) is 15.9 Å². The smallest absolute Gasteiger partial charge is 0.430 e. The van der Waals surface area contributed by atoms with Crippen molar-refractivity contribution in [1.29, 1.82) is 0 Å². The van der Waals surface area contributed by atoms with E-state index in [0.717, 1.165) is 11.1 Å². The van der Waals surface area contributed by atoms with Gasteiger partial charge in [0.2, 0.25) is 0 Å². The third-order valence-corrected chi connectivity index (χ3v) is 3.53. The molecule has 1 aliphatic rings. The van der Waals surface area contributed by atoms with E-state index in [9.17, 15) is 9.90 Å². The van der Waals surface area contributed by atoms with Gasteiger partial charge >= 0.3 is 6.16 Å². The Bertz CT molecular complexity index is 568. The summed E-state index contributed by atoms with van der Waals surface area (Å²) in [5.41, 5.74) is 2.35. The summed E-state index contributed by atoms with van der Waals surface area (Å²) in [4.78, 5) is 11.7. The van der Waals surface area contributed by atoms with Gasteiger partial charge in [0.05, 0.1) is 6.10 Å². The van der Waals surface area contributed by atoms with Gasteiger partial charge in [-0.15, -0.1) is 6.42 Å². The summed E-state index contributed by atoms with van der Waals surface area (Å²) in [7, 11) is 0. The average molecular weight is 286 g/mol. The lowest BCUT2D eigenvalue weighted by Crippen LogP contribution is -2.30. The van der Waals surface area contributed by atoms with Crippen molar-refractivity contribution in [2.75, 3.05) is 0 Å². The molecule has 0 saturated heterocycles. The Morgan fingerprint density at radius 3 is 2.81 bits per heavy atom. The minimum absolute atomic E-state index is 0.159. The molecule has 0 radical (unpaired) electrons. The van der Waals surface area contributed by atoms with Crippen LogP contribution >= 0.6 is 0 Å². The van der Waals surface area contributed by atoms with Gasteiger partial charge in [0.25, 0.3) is 0 Å². The van der Waals surface area contributed by atoms with Crippen LogP contribution in [0.2, 0.25) is 0 Å². The Labute approximate surface area is 124 Å². The average Bonchev–Trinajstić information content (AvgIpc) is 2.49. The van der Waals surface area contributed by atoms with Gasteiger partial charge in [-0.05, 0) is 18.1 Å². The topological polar surface area (TPSA) is 55.8 Å². The molecule has 0 unspecified atom stereocenters. The Hall–Kier alpha value is -2.25. The minimum Gasteiger partial charge on any atom is -0.430 e. The summed E-state index contributed by atoms with van der Waals surface area (Å²) < 4.78 is 10.3. The fourth-order valence-electron chi connectivity index (χ4n) is 2.25. The van der Waals surface area contributed by atoms with Gasteiger partial charge in [-0.25, -0.2) is 4.79 Å². The molecular weight excluding hydrogens is 268 g/mol. The second-order valence-electron chi connectivity index (χ2n) is 5.03. The number of aliphatic hydroxyl groups excluding tert-OH is 1. The predicted molar refractivity (Wildman–Crippen MR) is 78.3 cm³/mol. The van der Waals surface area contributed by atoms with Crippen LogP contribution in [0.4, 0.5) is 4.79 Å². The van der Waals surface area contributed by atoms with E-state index >= 15 is 0 Å². The van der Waals surface area contributed by atoms with Crippen LogP contribution in [0.5, 0.6) is 0 Å². The van der Waals surface area contributed by atoms with Crippen molar-refractivity contribution < 1.29 is 19.4 Å². The Balaban J connectivity index is 1.85. The van der Waals surface area contributed by atoms with Crippen molar-refractivity contribution in [3.8, 4) is 12.3 Å². The molecule has 110 valence electrons. The zero-order valence-corrected chi connectivity index (χ0v) is 11.9. The molecule has 2 rings (SSSR count). The number of carbonyl (C=O) groups excluding carboxylic acids is 1. The fourth-order valence-corrected chi connectivity index (χ4v) is 2.25. The Morgan fingerprint density at radius 2 is 2.14 bits per heavy atom. The summed E-state index contributed by atoms with van der Waals surface area (Å²) >= 11 is 0. The SMILES string of the molecule is C#CC1=C(C)[C@@H](O)C[C@H](OC(=O)OCc2ccccc2)C1. The first kappa shape index (κ1) is 15.1. The van der Waals surface area contributed by atoms with Crippen molar-refractivity contribution in [1.82, 2.24) is 0 Å². The minimum atomic E-state index is -0.744. The fraction of sp³-hybridized carbons (Fsp3) is 0.353. The van der Waals surface area contributed by atoms with Gasteiger partial charge in [-0.3, -0.25) is 0 Å². The predicted octanol–water partition coefficient (Wildman–Crippen LogP) is 2.81. The maximum atomic E-state index is 11.7. The highest BCUT2D eigenvalue weighted by atomic mass is 16.7. The molecule has 0 aliphatic heterocycles. The molecular formula is C17H18O4. The van der Waals surface area contributed by atoms with Crippen LogP contribution in [0.15, 0.2) is 41.5 Å². The van der Waals surface area contributed by atoms with Crippen LogP contribution < -0.4 is 0 Å². The van der Waals surface area contributed by atoms with Crippen molar-refractivity contribution in [3.05, 3.63) is 47.0 Å². The van der Waals surface area contributed by atoms with Crippen LogP contribution in [0.25, 0.3) is 0 Å². The van der Waals surface area contributed by atoms with Gasteiger partial charge in [0, 0.05) is 18.4 Å². The molecule has 1 aliphatic carbocycles. The molecule has 4 nitrogen and oxygen atoms in total. The molecule has 0 saturated carbocycles. The van der Waals surface area contributed by atoms with E-state index in [1.165, 1.54) is 0 Å². The zero-order chi connectivity index (χ0) is 15.2. The number of rotatable bonds is 3. The van der Waals surface area contributed by atoms with Crippen molar-refractivity contribution in [2.24, 2.45) is 0 Å². The molecule has 1 aromatic rings. The highest BCUT2D eigenvalue weighted by Crippen LogP contribution is 2.27. The Kier molecular flexibility index (Phi) is 5.02. The summed E-state index contributed by atoms with van der Waals surface area (Å²) in [6, 6.07) is 9.35. The number of ether oxygens (including phenoxy) is 2. The van der Waals surface area contributed by atoms with Crippen molar-refractivity contribution >= 4 is 6.16 Å². The molecule has 4 heteroatoms. The molecule has 1 aromatic carbocycles. The first-order valence-corrected chi connectivity index (χ1v) is 6.81. The van der Waals surface area contributed by atoms with Crippen LogP contribution in [0.1, 0.15) is 25.3 Å². The molecule has 0 spiro atoms. The van der Waals surface area contributed by atoms with E-state index < -0.39 is 18.4 Å². The number of hydrogen-bond acceptors (Lipinski definition) is 4. The monoisotopic (exact) mass is 286 g/mol. The number of hydrogen-bond donors (Lipinski definition) is 1. The molecule has 2 atom stereocenters. The van der Waals surface area contributed by atoms with E-state index in [0.29, 0.717) is 18.4 Å². The first-order chi connectivity index (χ1) is 10.1. The summed E-state index contributed by atoms with van der Waals surface area (Å²) in [5, 5.41) is 9.88. The molecule has 0 amide bonds.